The first-order valence-corrected chi connectivity index (χ1v) is 12.3. The van der Waals surface area contributed by atoms with Gasteiger partial charge in [-0.25, -0.2) is 9.97 Å². The first kappa shape index (κ1) is 24.2. The molecule has 0 fully saturated rings. The molecule has 0 aliphatic heterocycles. The van der Waals surface area contributed by atoms with Gasteiger partial charge in [-0.1, -0.05) is 32.3 Å². The number of ether oxygens (including phenoxy) is 2. The number of rotatable bonds is 12. The maximum atomic E-state index is 11.0. The Bertz CT molecular complexity index is 1310. The molecule has 8 heteroatoms. The zero-order chi connectivity index (χ0) is 24.5. The summed E-state index contributed by atoms with van der Waals surface area (Å²) < 4.78 is 10.0. The van der Waals surface area contributed by atoms with Gasteiger partial charge < -0.3 is 9.47 Å². The molecule has 0 aromatic carbocycles. The third-order valence-electron chi connectivity index (χ3n) is 5.36. The molecule has 0 bridgehead atoms. The van der Waals surface area contributed by atoms with Crippen LogP contribution in [0.4, 0.5) is 0 Å². The lowest BCUT2D eigenvalue weighted by Crippen LogP contribution is -1.97. The monoisotopic (exact) mass is 487 g/mol. The maximum absolute atomic E-state index is 11.0. The fraction of sp³-hybridized carbons (Fsp3) is 0.222. The Morgan fingerprint density at radius 3 is 2.29 bits per heavy atom. The number of carbonyl (C=O) groups is 2. The highest BCUT2D eigenvalue weighted by Gasteiger charge is 2.13. The van der Waals surface area contributed by atoms with Gasteiger partial charge in [0.25, 0.3) is 12.9 Å². The quantitative estimate of drug-likeness (QED) is 0.175. The van der Waals surface area contributed by atoms with E-state index in [9.17, 15) is 9.59 Å². The van der Waals surface area contributed by atoms with Crippen molar-refractivity contribution in [3.8, 4) is 44.8 Å². The van der Waals surface area contributed by atoms with Crippen molar-refractivity contribution in [1.82, 2.24) is 15.0 Å². The highest BCUT2D eigenvalue weighted by Crippen LogP contribution is 2.31. The van der Waals surface area contributed by atoms with Gasteiger partial charge in [0.2, 0.25) is 0 Å². The summed E-state index contributed by atoms with van der Waals surface area (Å²) in [4.78, 5) is 38.0. The second kappa shape index (κ2) is 12.0. The van der Waals surface area contributed by atoms with Crippen LogP contribution in [0.25, 0.3) is 33.3 Å². The molecule has 7 nitrogen and oxygen atoms in total. The molecule has 0 N–H and O–H groups in total. The van der Waals surface area contributed by atoms with E-state index in [1.165, 1.54) is 36.8 Å². The predicted octanol–water partition coefficient (Wildman–Crippen LogP) is 6.13. The van der Waals surface area contributed by atoms with E-state index < -0.39 is 0 Å². The van der Waals surface area contributed by atoms with Gasteiger partial charge in [-0.05, 0) is 43.2 Å². The normalized spacial score (nSPS) is 10.7. The van der Waals surface area contributed by atoms with E-state index in [4.69, 9.17) is 19.4 Å². The van der Waals surface area contributed by atoms with Crippen LogP contribution in [0.15, 0.2) is 60.8 Å². The topological polar surface area (TPSA) is 91.3 Å². The molecule has 0 aliphatic carbocycles. The third-order valence-corrected chi connectivity index (χ3v) is 6.53. The Balaban J connectivity index is 1.64. The smallest absolute Gasteiger partial charge is 0.298 e. The number of pyridine rings is 3. The Morgan fingerprint density at radius 2 is 1.49 bits per heavy atom. The van der Waals surface area contributed by atoms with Crippen molar-refractivity contribution in [3.05, 3.63) is 65.7 Å². The van der Waals surface area contributed by atoms with Crippen LogP contribution in [0.5, 0.6) is 11.5 Å². The van der Waals surface area contributed by atoms with Crippen LogP contribution in [-0.2, 0) is 16.0 Å². The van der Waals surface area contributed by atoms with Gasteiger partial charge >= 0.3 is 0 Å². The SMILES string of the molecule is CCCCCCc1ccc(-c2cccc(-c3cc(OC=O)cc(-c4cc(OC=O)ccn4)n3)n2)s1. The number of nitrogens with zero attached hydrogens (tertiary/aromatic N) is 3. The van der Waals surface area contributed by atoms with Crippen LogP contribution < -0.4 is 9.47 Å². The van der Waals surface area contributed by atoms with Gasteiger partial charge in [-0.2, -0.15) is 0 Å². The second-order valence-electron chi connectivity index (χ2n) is 7.86. The average Bonchev–Trinajstić information content (AvgIpc) is 3.36. The van der Waals surface area contributed by atoms with Gasteiger partial charge in [0.05, 0.1) is 33.3 Å². The molecule has 0 amide bonds. The highest BCUT2D eigenvalue weighted by atomic mass is 32.1. The zero-order valence-electron chi connectivity index (χ0n) is 19.3. The first-order chi connectivity index (χ1) is 17.2. The molecule has 4 rings (SSSR count). The van der Waals surface area contributed by atoms with Crippen molar-refractivity contribution in [1.29, 1.82) is 0 Å². The summed E-state index contributed by atoms with van der Waals surface area (Å²) in [5.74, 6) is 0.638. The average molecular weight is 488 g/mol. The van der Waals surface area contributed by atoms with Gasteiger partial charge in [-0.15, -0.1) is 11.3 Å². The van der Waals surface area contributed by atoms with Crippen molar-refractivity contribution < 1.29 is 19.1 Å². The summed E-state index contributed by atoms with van der Waals surface area (Å²) in [6, 6.07) is 16.5. The summed E-state index contributed by atoms with van der Waals surface area (Å²) in [5, 5.41) is 0. The highest BCUT2D eigenvalue weighted by molar-refractivity contribution is 7.15. The first-order valence-electron chi connectivity index (χ1n) is 11.5. The molecule has 0 atom stereocenters. The molecule has 0 aliphatic rings. The summed E-state index contributed by atoms with van der Waals surface area (Å²) >= 11 is 1.76. The van der Waals surface area contributed by atoms with Crippen molar-refractivity contribution in [2.75, 3.05) is 0 Å². The fourth-order valence-electron chi connectivity index (χ4n) is 3.66. The number of hydrogen-bond acceptors (Lipinski definition) is 8. The summed E-state index contributed by atoms with van der Waals surface area (Å²) in [6.07, 6.45) is 7.55. The van der Waals surface area contributed by atoms with Crippen molar-refractivity contribution >= 4 is 24.3 Å². The van der Waals surface area contributed by atoms with Crippen LogP contribution in [0.1, 0.15) is 37.5 Å². The summed E-state index contributed by atoms with van der Waals surface area (Å²) in [5.41, 5.74) is 2.94. The molecule has 178 valence electrons. The van der Waals surface area contributed by atoms with Crippen LogP contribution in [0, 0.1) is 0 Å². The van der Waals surface area contributed by atoms with E-state index in [1.54, 1.807) is 35.6 Å². The molecular formula is C27H25N3O4S. The molecule has 4 aromatic heterocycles. The molecule has 0 saturated heterocycles. The maximum Gasteiger partial charge on any atom is 0.298 e. The second-order valence-corrected chi connectivity index (χ2v) is 9.03. The lowest BCUT2D eigenvalue weighted by molar-refractivity contribution is -0.121. The number of aromatic nitrogens is 3. The molecule has 35 heavy (non-hydrogen) atoms. The number of thiophene rings is 1. The van der Waals surface area contributed by atoms with E-state index in [0.29, 0.717) is 47.2 Å². The molecule has 0 unspecified atom stereocenters. The number of unbranched alkanes of at least 4 members (excludes halogenated alkanes) is 3. The summed E-state index contributed by atoms with van der Waals surface area (Å²) in [6.45, 7) is 2.93. The van der Waals surface area contributed by atoms with E-state index in [1.807, 2.05) is 18.2 Å². The summed E-state index contributed by atoms with van der Waals surface area (Å²) in [7, 11) is 0. The van der Waals surface area contributed by atoms with E-state index >= 15 is 0 Å². The lowest BCUT2D eigenvalue weighted by atomic mass is 10.1. The minimum Gasteiger partial charge on any atom is -0.429 e. The molecule has 0 spiro atoms. The van der Waals surface area contributed by atoms with Crippen LogP contribution in [-0.4, -0.2) is 27.9 Å². The van der Waals surface area contributed by atoms with Crippen LogP contribution >= 0.6 is 11.3 Å². The Hall–Kier alpha value is -3.91. The third kappa shape index (κ3) is 6.36. The standard InChI is InChI=1S/C27H25N3O4S/c1-2-3-4-5-7-21-10-11-27(35-21)23-9-6-8-22(29-23)25-15-20(34-18-32)16-26(30-25)24-14-19(33-17-31)12-13-28-24/h6,8-18H,2-5,7H2,1H3. The van der Waals surface area contributed by atoms with E-state index in [2.05, 4.69) is 24.0 Å². The van der Waals surface area contributed by atoms with E-state index in [0.717, 1.165) is 17.0 Å². The van der Waals surface area contributed by atoms with Crippen molar-refractivity contribution in [2.24, 2.45) is 0 Å². The largest absolute Gasteiger partial charge is 0.429 e. The number of carbonyl (C=O) groups excluding carboxylic acids is 2. The van der Waals surface area contributed by atoms with Gasteiger partial charge in [0, 0.05) is 29.3 Å². The molecule has 0 radical (unpaired) electrons. The zero-order valence-corrected chi connectivity index (χ0v) is 20.2. The number of aryl methyl sites for hydroxylation is 1. The lowest BCUT2D eigenvalue weighted by Gasteiger charge is -2.09. The van der Waals surface area contributed by atoms with Crippen molar-refractivity contribution in [3.63, 3.8) is 0 Å². The number of hydrogen-bond donors (Lipinski definition) is 0. The Labute approximate surface area is 207 Å². The molecule has 4 heterocycles. The van der Waals surface area contributed by atoms with Gasteiger partial charge in [0.15, 0.2) is 0 Å². The van der Waals surface area contributed by atoms with Gasteiger partial charge in [-0.3, -0.25) is 14.6 Å². The molecule has 4 aromatic rings. The molecule has 0 saturated carbocycles. The minimum atomic E-state index is 0.307. The van der Waals surface area contributed by atoms with Crippen LogP contribution in [0.3, 0.4) is 0 Å². The van der Waals surface area contributed by atoms with Crippen LogP contribution in [0.2, 0.25) is 0 Å². The predicted molar refractivity (Wildman–Crippen MR) is 135 cm³/mol. The Morgan fingerprint density at radius 1 is 0.771 bits per heavy atom. The minimum absolute atomic E-state index is 0.307. The van der Waals surface area contributed by atoms with E-state index in [-0.39, 0.29) is 0 Å². The fourth-order valence-corrected chi connectivity index (χ4v) is 4.68. The Kier molecular flexibility index (Phi) is 8.30. The van der Waals surface area contributed by atoms with Crippen molar-refractivity contribution in [2.45, 2.75) is 39.0 Å². The molecular weight excluding hydrogens is 462 g/mol. The van der Waals surface area contributed by atoms with Gasteiger partial charge in [0.1, 0.15) is 11.5 Å².